The third kappa shape index (κ3) is 7.11. The molecule has 3 N–H and O–H groups in total. The molecule has 0 heterocycles. The average Bonchev–Trinajstić information content (AvgIpc) is 2.18. The minimum absolute atomic E-state index is 0.434. The van der Waals surface area contributed by atoms with Gasteiger partial charge in [-0.2, -0.15) is 0 Å². The van der Waals surface area contributed by atoms with Crippen LogP contribution in [0.15, 0.2) is 0 Å². The van der Waals surface area contributed by atoms with E-state index in [-0.39, 0.29) is 0 Å². The molecule has 6 heteroatoms. The number of carboxylic acids is 1. The number of carboxylic acid groups (broad SMARTS) is 1. The normalized spacial score (nSPS) is 13.2. The highest BCUT2D eigenvalue weighted by Crippen LogP contribution is 2.19. The van der Waals surface area contributed by atoms with Crippen LogP contribution in [-0.2, 0) is 4.79 Å². The van der Waals surface area contributed by atoms with Crippen LogP contribution in [0.5, 0.6) is 0 Å². The Morgan fingerprint density at radius 1 is 1.28 bits per heavy atom. The maximum Gasteiger partial charge on any atom is 0.326 e. The van der Waals surface area contributed by atoms with Crippen molar-refractivity contribution in [3.63, 3.8) is 0 Å². The Morgan fingerprint density at radius 3 is 2.22 bits per heavy atom. The van der Waals surface area contributed by atoms with E-state index in [0.717, 1.165) is 13.0 Å². The second-order valence-corrected chi connectivity index (χ2v) is 5.69. The van der Waals surface area contributed by atoms with E-state index in [2.05, 4.69) is 10.6 Å². The number of rotatable bonds is 6. The van der Waals surface area contributed by atoms with E-state index >= 15 is 0 Å². The zero-order chi connectivity index (χ0) is 14.3. The molecule has 0 spiro atoms. The minimum atomic E-state index is -1.02. The number of nitrogens with zero attached hydrogens (tertiary/aromatic N) is 1. The van der Waals surface area contributed by atoms with E-state index in [1.807, 2.05) is 19.0 Å². The third-order valence-corrected chi connectivity index (χ3v) is 2.46. The van der Waals surface area contributed by atoms with Crippen molar-refractivity contribution in [1.29, 1.82) is 0 Å². The van der Waals surface area contributed by atoms with Crippen molar-refractivity contribution in [1.82, 2.24) is 15.5 Å². The van der Waals surface area contributed by atoms with Crippen molar-refractivity contribution < 1.29 is 14.7 Å². The van der Waals surface area contributed by atoms with Crippen LogP contribution >= 0.6 is 0 Å². The van der Waals surface area contributed by atoms with Gasteiger partial charge in [0.05, 0.1) is 0 Å². The Hall–Kier alpha value is -1.30. The Kier molecular flexibility index (Phi) is 6.68. The van der Waals surface area contributed by atoms with E-state index in [1.165, 1.54) is 0 Å². The summed E-state index contributed by atoms with van der Waals surface area (Å²) in [6.07, 6.45) is 0.827. The number of amides is 2. The van der Waals surface area contributed by atoms with Gasteiger partial charge in [-0.1, -0.05) is 20.8 Å². The molecule has 0 rings (SSSR count). The monoisotopic (exact) mass is 259 g/mol. The molecule has 6 nitrogen and oxygen atoms in total. The van der Waals surface area contributed by atoms with Crippen LogP contribution in [0.1, 0.15) is 27.2 Å². The topological polar surface area (TPSA) is 81.7 Å². The Morgan fingerprint density at radius 2 is 1.83 bits per heavy atom. The zero-order valence-electron chi connectivity index (χ0n) is 11.9. The number of hydrogen-bond acceptors (Lipinski definition) is 3. The smallest absolute Gasteiger partial charge is 0.326 e. The van der Waals surface area contributed by atoms with Gasteiger partial charge in [0.2, 0.25) is 0 Å². The number of carbonyl (C=O) groups is 2. The van der Waals surface area contributed by atoms with Crippen LogP contribution in [-0.4, -0.2) is 55.2 Å². The molecular weight excluding hydrogens is 234 g/mol. The highest BCUT2D eigenvalue weighted by Gasteiger charge is 2.32. The molecule has 0 bridgehead atoms. The van der Waals surface area contributed by atoms with Crippen LogP contribution < -0.4 is 10.6 Å². The first-order valence-corrected chi connectivity index (χ1v) is 6.06. The summed E-state index contributed by atoms with van der Waals surface area (Å²) in [4.78, 5) is 24.6. The summed E-state index contributed by atoms with van der Waals surface area (Å²) in [6.45, 7) is 6.73. The number of nitrogens with one attached hydrogen (secondary N) is 2. The third-order valence-electron chi connectivity index (χ3n) is 2.46. The average molecular weight is 259 g/mol. The number of carbonyl (C=O) groups excluding carboxylic acids is 1. The lowest BCUT2D eigenvalue weighted by Gasteiger charge is -2.27. The van der Waals surface area contributed by atoms with Crippen LogP contribution in [0.4, 0.5) is 4.79 Å². The van der Waals surface area contributed by atoms with E-state index in [9.17, 15) is 9.59 Å². The summed E-state index contributed by atoms with van der Waals surface area (Å²) in [7, 11) is 3.92. The van der Waals surface area contributed by atoms with Gasteiger partial charge in [0.25, 0.3) is 0 Å². The van der Waals surface area contributed by atoms with Gasteiger partial charge in [-0.15, -0.1) is 0 Å². The van der Waals surface area contributed by atoms with Gasteiger partial charge < -0.3 is 20.6 Å². The van der Waals surface area contributed by atoms with Crippen molar-refractivity contribution in [2.75, 3.05) is 27.2 Å². The lowest BCUT2D eigenvalue weighted by molar-refractivity contribution is -0.141. The Bertz CT molecular complexity index is 285. The molecule has 0 unspecified atom stereocenters. The van der Waals surface area contributed by atoms with Crippen LogP contribution in [0, 0.1) is 5.41 Å². The molecule has 0 saturated heterocycles. The molecule has 0 fully saturated rings. The van der Waals surface area contributed by atoms with Gasteiger partial charge in [0, 0.05) is 6.54 Å². The summed E-state index contributed by atoms with van der Waals surface area (Å²) in [5.41, 5.74) is -0.521. The molecule has 0 aromatic carbocycles. The lowest BCUT2D eigenvalue weighted by Crippen LogP contribution is -2.52. The maximum atomic E-state index is 11.6. The van der Waals surface area contributed by atoms with Crippen molar-refractivity contribution in [3.05, 3.63) is 0 Å². The maximum absolute atomic E-state index is 11.6. The van der Waals surface area contributed by atoms with Gasteiger partial charge in [-0.05, 0) is 32.5 Å². The van der Waals surface area contributed by atoms with Crippen molar-refractivity contribution >= 4 is 12.0 Å². The fourth-order valence-corrected chi connectivity index (χ4v) is 1.43. The van der Waals surface area contributed by atoms with E-state index in [4.69, 9.17) is 5.11 Å². The molecule has 0 aromatic heterocycles. The van der Waals surface area contributed by atoms with Gasteiger partial charge in [-0.3, -0.25) is 0 Å². The Labute approximate surface area is 109 Å². The quantitative estimate of drug-likeness (QED) is 0.614. The molecular formula is C12H25N3O3. The first kappa shape index (κ1) is 16.7. The summed E-state index contributed by atoms with van der Waals surface area (Å²) in [5.74, 6) is -1.02. The van der Waals surface area contributed by atoms with Gasteiger partial charge >= 0.3 is 12.0 Å². The highest BCUT2D eigenvalue weighted by molar-refractivity contribution is 5.83. The summed E-state index contributed by atoms with van der Waals surface area (Å²) in [6, 6.07) is -1.33. The number of urea groups is 1. The SMILES string of the molecule is CN(C)CCCNC(=O)N[C@@H](C(=O)O)C(C)(C)C. The van der Waals surface area contributed by atoms with Crippen molar-refractivity contribution in [2.24, 2.45) is 5.41 Å². The molecule has 1 atom stereocenters. The van der Waals surface area contributed by atoms with Crippen molar-refractivity contribution in [2.45, 2.75) is 33.2 Å². The van der Waals surface area contributed by atoms with Gasteiger partial charge in [0.1, 0.15) is 6.04 Å². The fourth-order valence-electron chi connectivity index (χ4n) is 1.43. The molecule has 0 saturated carbocycles. The summed E-state index contributed by atoms with van der Waals surface area (Å²) >= 11 is 0. The molecule has 0 aromatic rings. The molecule has 0 aliphatic heterocycles. The first-order valence-electron chi connectivity index (χ1n) is 6.06. The first-order chi connectivity index (χ1) is 8.14. The number of hydrogen-bond donors (Lipinski definition) is 3. The number of aliphatic carboxylic acids is 1. The minimum Gasteiger partial charge on any atom is -0.480 e. The van der Waals surface area contributed by atoms with Gasteiger partial charge in [-0.25, -0.2) is 9.59 Å². The van der Waals surface area contributed by atoms with Crippen molar-refractivity contribution in [3.8, 4) is 0 Å². The molecule has 18 heavy (non-hydrogen) atoms. The summed E-state index contributed by atoms with van der Waals surface area (Å²) < 4.78 is 0. The van der Waals surface area contributed by atoms with Crippen LogP contribution in [0.25, 0.3) is 0 Å². The lowest BCUT2D eigenvalue weighted by atomic mass is 9.87. The van der Waals surface area contributed by atoms with E-state index < -0.39 is 23.5 Å². The molecule has 0 aliphatic carbocycles. The molecule has 0 aliphatic rings. The predicted octanol–water partition coefficient (Wildman–Crippen LogP) is 0.737. The van der Waals surface area contributed by atoms with Crippen LogP contribution in [0.3, 0.4) is 0 Å². The summed E-state index contributed by atoms with van der Waals surface area (Å²) in [5, 5.41) is 14.2. The largest absolute Gasteiger partial charge is 0.480 e. The van der Waals surface area contributed by atoms with E-state index in [0.29, 0.717) is 6.54 Å². The standard InChI is InChI=1S/C12H25N3O3/c1-12(2,3)9(10(16)17)14-11(18)13-7-6-8-15(4)5/h9H,6-8H2,1-5H3,(H,16,17)(H2,13,14,18)/t9-/m0/s1. The van der Waals surface area contributed by atoms with E-state index in [1.54, 1.807) is 20.8 Å². The second-order valence-electron chi connectivity index (χ2n) is 5.69. The van der Waals surface area contributed by atoms with Gasteiger partial charge in [0.15, 0.2) is 0 Å². The predicted molar refractivity (Wildman–Crippen MR) is 70.6 cm³/mol. The fraction of sp³-hybridized carbons (Fsp3) is 0.833. The molecule has 2 amide bonds. The Balaban J connectivity index is 4.09. The zero-order valence-corrected chi connectivity index (χ0v) is 11.9. The second kappa shape index (κ2) is 7.20. The molecule has 106 valence electrons. The van der Waals surface area contributed by atoms with Crippen LogP contribution in [0.2, 0.25) is 0 Å². The molecule has 0 radical (unpaired) electrons. The highest BCUT2D eigenvalue weighted by atomic mass is 16.4.